The van der Waals surface area contributed by atoms with Crippen LogP contribution in [0.3, 0.4) is 0 Å². The molecule has 1 saturated carbocycles. The summed E-state index contributed by atoms with van der Waals surface area (Å²) >= 11 is 0. The highest BCUT2D eigenvalue weighted by Crippen LogP contribution is 2.33. The van der Waals surface area contributed by atoms with Crippen molar-refractivity contribution in [2.45, 2.75) is 46.0 Å². The van der Waals surface area contributed by atoms with E-state index in [4.69, 9.17) is 4.74 Å². The number of hydrogen-bond donors (Lipinski definition) is 0. The lowest BCUT2D eigenvalue weighted by molar-refractivity contribution is -0.137. The number of carbonyl (C=O) groups is 1. The highest BCUT2D eigenvalue weighted by Gasteiger charge is 2.19. The second-order valence-electron chi connectivity index (χ2n) is 3.95. The molecule has 0 N–H and O–H groups in total. The van der Waals surface area contributed by atoms with Gasteiger partial charge in [0.1, 0.15) is 0 Å². The number of esters is 1. The van der Waals surface area contributed by atoms with Gasteiger partial charge in [-0.1, -0.05) is 25.3 Å². The van der Waals surface area contributed by atoms with Gasteiger partial charge in [0, 0.05) is 6.08 Å². The third kappa shape index (κ3) is 3.52. The fourth-order valence-electron chi connectivity index (χ4n) is 2.10. The van der Waals surface area contributed by atoms with Gasteiger partial charge in [0.25, 0.3) is 0 Å². The predicted octanol–water partition coefficient (Wildman–Crippen LogP) is 3.08. The molecule has 0 aliphatic heterocycles. The summed E-state index contributed by atoms with van der Waals surface area (Å²) in [6, 6.07) is 0. The molecule has 1 rings (SSSR count). The van der Waals surface area contributed by atoms with Crippen molar-refractivity contribution in [3.05, 3.63) is 11.6 Å². The fraction of sp³-hybridized carbons (Fsp3) is 0.750. The smallest absolute Gasteiger partial charge is 0.330 e. The van der Waals surface area contributed by atoms with Crippen molar-refractivity contribution >= 4 is 5.97 Å². The van der Waals surface area contributed by atoms with Crippen molar-refractivity contribution < 1.29 is 9.53 Å². The number of carbonyl (C=O) groups excluding carboxylic acids is 1. The normalized spacial score (nSPS) is 24.1. The summed E-state index contributed by atoms with van der Waals surface area (Å²) in [6.07, 6.45) is 7.67. The van der Waals surface area contributed by atoms with E-state index >= 15 is 0 Å². The highest BCUT2D eigenvalue weighted by molar-refractivity contribution is 5.82. The van der Waals surface area contributed by atoms with Crippen molar-refractivity contribution in [3.63, 3.8) is 0 Å². The molecule has 1 fully saturated rings. The summed E-state index contributed by atoms with van der Waals surface area (Å²) in [5.41, 5.74) is 1.28. The summed E-state index contributed by atoms with van der Waals surface area (Å²) in [6.45, 7) is 4.53. The zero-order chi connectivity index (χ0) is 10.4. The van der Waals surface area contributed by atoms with Gasteiger partial charge in [0.05, 0.1) is 6.61 Å². The van der Waals surface area contributed by atoms with Crippen molar-refractivity contribution in [2.75, 3.05) is 6.61 Å². The van der Waals surface area contributed by atoms with Crippen molar-refractivity contribution in [3.8, 4) is 0 Å². The Hall–Kier alpha value is -0.790. The van der Waals surface area contributed by atoms with Crippen LogP contribution in [-0.2, 0) is 9.53 Å². The Balaban J connectivity index is 2.36. The first kappa shape index (κ1) is 11.3. The van der Waals surface area contributed by atoms with Gasteiger partial charge in [-0.3, -0.25) is 0 Å². The molecule has 2 nitrogen and oxygen atoms in total. The second kappa shape index (κ2) is 5.84. The summed E-state index contributed by atoms with van der Waals surface area (Å²) in [7, 11) is 0. The van der Waals surface area contributed by atoms with Gasteiger partial charge in [0.15, 0.2) is 0 Å². The van der Waals surface area contributed by atoms with Gasteiger partial charge in [-0.15, -0.1) is 0 Å². The minimum Gasteiger partial charge on any atom is -0.463 e. The molecular weight excluding hydrogens is 176 g/mol. The molecule has 1 atom stereocenters. The molecular formula is C12H20O2. The molecule has 0 aromatic heterocycles. The Morgan fingerprint density at radius 3 is 3.00 bits per heavy atom. The van der Waals surface area contributed by atoms with Crippen molar-refractivity contribution in [1.29, 1.82) is 0 Å². The topological polar surface area (TPSA) is 26.3 Å². The van der Waals surface area contributed by atoms with E-state index in [0.29, 0.717) is 6.61 Å². The van der Waals surface area contributed by atoms with Crippen LogP contribution < -0.4 is 0 Å². The largest absolute Gasteiger partial charge is 0.463 e. The number of allylic oxidation sites excluding steroid dienone is 1. The quantitative estimate of drug-likeness (QED) is 0.510. The van der Waals surface area contributed by atoms with Crippen LogP contribution in [0.1, 0.15) is 46.0 Å². The third-order valence-electron chi connectivity index (χ3n) is 2.73. The van der Waals surface area contributed by atoms with Gasteiger partial charge >= 0.3 is 5.97 Å². The molecule has 0 saturated heterocycles. The molecule has 0 aromatic carbocycles. The zero-order valence-electron chi connectivity index (χ0n) is 9.21. The fourth-order valence-corrected chi connectivity index (χ4v) is 2.10. The standard InChI is InChI=1S/C12H20O2/c1-3-5-10-6-7-11(8-10)9-12(13)14-4-2/h9-10H,3-8H2,1-2H3/b11-9+. The van der Waals surface area contributed by atoms with E-state index < -0.39 is 0 Å². The first-order valence-electron chi connectivity index (χ1n) is 5.62. The molecule has 1 aliphatic carbocycles. The van der Waals surface area contributed by atoms with Crippen LogP contribution in [0, 0.1) is 5.92 Å². The molecule has 14 heavy (non-hydrogen) atoms. The zero-order valence-corrected chi connectivity index (χ0v) is 9.21. The summed E-state index contributed by atoms with van der Waals surface area (Å²) < 4.78 is 4.88. The Morgan fingerprint density at radius 2 is 2.36 bits per heavy atom. The predicted molar refractivity (Wildman–Crippen MR) is 57.0 cm³/mol. The number of ether oxygens (including phenoxy) is 1. The first-order valence-corrected chi connectivity index (χ1v) is 5.62. The summed E-state index contributed by atoms with van der Waals surface area (Å²) in [4.78, 5) is 11.2. The van der Waals surface area contributed by atoms with Crippen LogP contribution in [0.5, 0.6) is 0 Å². The molecule has 1 aliphatic rings. The van der Waals surface area contributed by atoms with Crippen LogP contribution >= 0.6 is 0 Å². The Bertz CT molecular complexity index is 218. The number of rotatable bonds is 4. The van der Waals surface area contributed by atoms with Crippen LogP contribution in [-0.4, -0.2) is 12.6 Å². The van der Waals surface area contributed by atoms with Gasteiger partial charge in [-0.05, 0) is 32.1 Å². The maximum Gasteiger partial charge on any atom is 0.330 e. The molecule has 1 unspecified atom stereocenters. The van der Waals surface area contributed by atoms with E-state index in [0.717, 1.165) is 18.8 Å². The molecule has 0 spiro atoms. The van der Waals surface area contributed by atoms with Crippen LogP contribution in [0.15, 0.2) is 11.6 Å². The van der Waals surface area contributed by atoms with Gasteiger partial charge < -0.3 is 4.74 Å². The van der Waals surface area contributed by atoms with E-state index in [1.165, 1.54) is 24.8 Å². The molecule has 0 bridgehead atoms. The maximum atomic E-state index is 11.2. The van der Waals surface area contributed by atoms with E-state index in [-0.39, 0.29) is 5.97 Å². The van der Waals surface area contributed by atoms with Crippen LogP contribution in [0.2, 0.25) is 0 Å². The lowest BCUT2D eigenvalue weighted by Gasteiger charge is -2.04. The average molecular weight is 196 g/mol. The highest BCUT2D eigenvalue weighted by atomic mass is 16.5. The van der Waals surface area contributed by atoms with Gasteiger partial charge in [-0.25, -0.2) is 4.79 Å². The van der Waals surface area contributed by atoms with Crippen LogP contribution in [0.4, 0.5) is 0 Å². The maximum absolute atomic E-state index is 11.2. The average Bonchev–Trinajstić information content (AvgIpc) is 2.53. The van der Waals surface area contributed by atoms with E-state index in [2.05, 4.69) is 6.92 Å². The lowest BCUT2D eigenvalue weighted by atomic mass is 10.0. The van der Waals surface area contributed by atoms with E-state index in [9.17, 15) is 4.79 Å². The second-order valence-corrected chi connectivity index (χ2v) is 3.95. The summed E-state index contributed by atoms with van der Waals surface area (Å²) in [5.74, 6) is 0.639. The minimum atomic E-state index is -0.167. The molecule has 0 amide bonds. The Morgan fingerprint density at radius 1 is 1.57 bits per heavy atom. The van der Waals surface area contributed by atoms with Crippen LogP contribution in [0.25, 0.3) is 0 Å². The molecule has 2 heteroatoms. The first-order chi connectivity index (χ1) is 6.76. The van der Waals surface area contributed by atoms with Crippen molar-refractivity contribution in [1.82, 2.24) is 0 Å². The number of hydrogen-bond acceptors (Lipinski definition) is 2. The van der Waals surface area contributed by atoms with Crippen molar-refractivity contribution in [2.24, 2.45) is 5.92 Å². The molecule has 0 aromatic rings. The molecule has 80 valence electrons. The molecule has 0 heterocycles. The van der Waals surface area contributed by atoms with Gasteiger partial charge in [-0.2, -0.15) is 0 Å². The minimum absolute atomic E-state index is 0.167. The van der Waals surface area contributed by atoms with Gasteiger partial charge in [0.2, 0.25) is 0 Å². The van der Waals surface area contributed by atoms with E-state index in [1.54, 1.807) is 6.08 Å². The van der Waals surface area contributed by atoms with E-state index in [1.807, 2.05) is 6.92 Å². The Labute approximate surface area is 86.3 Å². The summed E-state index contributed by atoms with van der Waals surface area (Å²) in [5, 5.41) is 0. The monoisotopic (exact) mass is 196 g/mol. The molecule has 0 radical (unpaired) electrons. The third-order valence-corrected chi connectivity index (χ3v) is 2.73. The SMILES string of the molecule is CCCC1CC/C(=C\C(=O)OCC)C1. The Kier molecular flexibility index (Phi) is 4.71. The lowest BCUT2D eigenvalue weighted by Crippen LogP contribution is -2.00.